The molecule has 1 aromatic heterocycles. The van der Waals surface area contributed by atoms with Crippen molar-refractivity contribution in [3.63, 3.8) is 0 Å². The largest absolute Gasteiger partial charge is 0.228 e. The molecule has 1 saturated carbocycles. The molecule has 1 aliphatic rings. The van der Waals surface area contributed by atoms with E-state index in [0.29, 0.717) is 0 Å². The number of aromatic nitrogens is 4. The first-order chi connectivity index (χ1) is 7.77. The number of rotatable bonds is 4. The van der Waals surface area contributed by atoms with Gasteiger partial charge in [-0.15, -0.1) is 16.7 Å². The fraction of sp³-hybridized carbons (Fsp3) is 0.909. The molecule has 0 aromatic carbocycles. The van der Waals surface area contributed by atoms with Crippen molar-refractivity contribution in [1.82, 2.24) is 20.2 Å². The van der Waals surface area contributed by atoms with Crippen molar-refractivity contribution in [3.8, 4) is 0 Å². The zero-order valence-electron chi connectivity index (χ0n) is 9.77. The van der Waals surface area contributed by atoms with Crippen molar-refractivity contribution >= 4 is 11.6 Å². The van der Waals surface area contributed by atoms with Crippen LogP contribution in [0, 0.1) is 5.92 Å². The highest BCUT2D eigenvalue weighted by molar-refractivity contribution is 6.20. The van der Waals surface area contributed by atoms with Crippen molar-refractivity contribution < 1.29 is 0 Å². The van der Waals surface area contributed by atoms with Crippen LogP contribution in [0.4, 0.5) is 0 Å². The Hall–Kier alpha value is -0.640. The van der Waals surface area contributed by atoms with Crippen LogP contribution in [0.15, 0.2) is 0 Å². The maximum absolute atomic E-state index is 6.01. The van der Waals surface area contributed by atoms with Crippen molar-refractivity contribution in [2.45, 2.75) is 57.4 Å². The molecule has 16 heavy (non-hydrogen) atoms. The third-order valence-corrected chi connectivity index (χ3v) is 3.58. The van der Waals surface area contributed by atoms with Gasteiger partial charge in [0.2, 0.25) is 0 Å². The summed E-state index contributed by atoms with van der Waals surface area (Å²) in [4.78, 5) is 0. The monoisotopic (exact) mass is 242 g/mol. The number of hydrogen-bond donors (Lipinski definition) is 0. The Balaban J connectivity index is 1.86. The molecule has 4 nitrogen and oxygen atoms in total. The highest BCUT2D eigenvalue weighted by Crippen LogP contribution is 2.27. The number of tetrazole rings is 1. The maximum atomic E-state index is 6.01. The molecule has 1 unspecified atom stereocenters. The SMILES string of the molecule is CC(Cl)c1nnnn1CCC1CCCCC1. The van der Waals surface area contributed by atoms with Gasteiger partial charge in [-0.3, -0.25) is 0 Å². The van der Waals surface area contributed by atoms with Gasteiger partial charge in [0, 0.05) is 6.54 Å². The van der Waals surface area contributed by atoms with E-state index in [1.807, 2.05) is 11.6 Å². The van der Waals surface area contributed by atoms with E-state index in [2.05, 4.69) is 15.5 Å². The number of nitrogens with zero attached hydrogens (tertiary/aromatic N) is 4. The molecule has 0 aliphatic heterocycles. The topological polar surface area (TPSA) is 43.6 Å². The van der Waals surface area contributed by atoms with Gasteiger partial charge in [-0.1, -0.05) is 32.1 Å². The molecule has 1 atom stereocenters. The highest BCUT2D eigenvalue weighted by atomic mass is 35.5. The molecule has 0 radical (unpaired) electrons. The number of halogens is 1. The van der Waals surface area contributed by atoms with Crippen molar-refractivity contribution in [1.29, 1.82) is 0 Å². The van der Waals surface area contributed by atoms with Crippen LogP contribution in [0.2, 0.25) is 0 Å². The Bertz CT molecular complexity index is 318. The minimum Gasteiger partial charge on any atom is -0.228 e. The molecule has 0 bridgehead atoms. The van der Waals surface area contributed by atoms with E-state index < -0.39 is 0 Å². The average molecular weight is 243 g/mol. The number of alkyl halides is 1. The summed E-state index contributed by atoms with van der Waals surface area (Å²) in [6, 6.07) is 0. The number of hydrogen-bond acceptors (Lipinski definition) is 3. The summed E-state index contributed by atoms with van der Waals surface area (Å²) < 4.78 is 1.85. The predicted molar refractivity (Wildman–Crippen MR) is 63.3 cm³/mol. The molecule has 5 heteroatoms. The summed E-state index contributed by atoms with van der Waals surface area (Å²) in [6.45, 7) is 2.81. The van der Waals surface area contributed by atoms with Crippen LogP contribution >= 0.6 is 11.6 Å². The fourth-order valence-corrected chi connectivity index (χ4v) is 2.59. The van der Waals surface area contributed by atoms with Crippen LogP contribution in [-0.4, -0.2) is 20.2 Å². The van der Waals surface area contributed by atoms with Crippen molar-refractivity contribution in [3.05, 3.63) is 5.82 Å². The first-order valence-corrected chi connectivity index (χ1v) is 6.61. The first-order valence-electron chi connectivity index (χ1n) is 6.17. The smallest absolute Gasteiger partial charge is 0.168 e. The van der Waals surface area contributed by atoms with Gasteiger partial charge in [0.1, 0.15) is 0 Å². The first kappa shape index (κ1) is 11.8. The van der Waals surface area contributed by atoms with Gasteiger partial charge >= 0.3 is 0 Å². The Morgan fingerprint density at radius 1 is 1.38 bits per heavy atom. The van der Waals surface area contributed by atoms with Crippen LogP contribution in [-0.2, 0) is 6.54 Å². The quantitative estimate of drug-likeness (QED) is 0.763. The van der Waals surface area contributed by atoms with Gasteiger partial charge in [0.25, 0.3) is 0 Å². The lowest BCUT2D eigenvalue weighted by molar-refractivity contribution is 0.315. The molecule has 1 aliphatic carbocycles. The third-order valence-electron chi connectivity index (χ3n) is 3.39. The van der Waals surface area contributed by atoms with Crippen molar-refractivity contribution in [2.24, 2.45) is 5.92 Å². The highest BCUT2D eigenvalue weighted by Gasteiger charge is 2.16. The van der Waals surface area contributed by atoms with Crippen LogP contribution < -0.4 is 0 Å². The second kappa shape index (κ2) is 5.62. The molecule has 1 fully saturated rings. The molecule has 0 amide bonds. The lowest BCUT2D eigenvalue weighted by Crippen LogP contribution is -2.13. The van der Waals surface area contributed by atoms with Gasteiger partial charge in [0.05, 0.1) is 5.38 Å². The van der Waals surface area contributed by atoms with Gasteiger partial charge in [-0.2, -0.15) is 0 Å². The van der Waals surface area contributed by atoms with Crippen LogP contribution in [0.25, 0.3) is 0 Å². The van der Waals surface area contributed by atoms with E-state index in [4.69, 9.17) is 11.6 Å². The normalized spacial score (nSPS) is 19.9. The molecule has 90 valence electrons. The summed E-state index contributed by atoms with van der Waals surface area (Å²) >= 11 is 6.01. The van der Waals surface area contributed by atoms with Gasteiger partial charge in [0.15, 0.2) is 5.82 Å². The molecule has 2 rings (SSSR count). The minimum atomic E-state index is -0.110. The summed E-state index contributed by atoms with van der Waals surface area (Å²) in [5.41, 5.74) is 0. The second-order valence-electron chi connectivity index (χ2n) is 4.67. The zero-order chi connectivity index (χ0) is 11.4. The predicted octanol–water partition coefficient (Wildman–Crippen LogP) is 2.94. The van der Waals surface area contributed by atoms with Crippen LogP contribution in [0.5, 0.6) is 0 Å². The molecular formula is C11H19ClN4. The molecule has 1 aromatic rings. The standard InChI is InChI=1S/C11H19ClN4/c1-9(12)11-13-14-15-16(11)8-7-10-5-3-2-4-6-10/h9-10H,2-8H2,1H3. The van der Waals surface area contributed by atoms with Crippen LogP contribution in [0.3, 0.4) is 0 Å². The molecule has 0 saturated heterocycles. The minimum absolute atomic E-state index is 0.110. The van der Waals surface area contributed by atoms with E-state index in [9.17, 15) is 0 Å². The molecular weight excluding hydrogens is 224 g/mol. The zero-order valence-corrected chi connectivity index (χ0v) is 10.5. The fourth-order valence-electron chi connectivity index (χ4n) is 2.44. The average Bonchev–Trinajstić information content (AvgIpc) is 2.76. The lowest BCUT2D eigenvalue weighted by Gasteiger charge is -2.21. The Morgan fingerprint density at radius 2 is 2.12 bits per heavy atom. The van der Waals surface area contributed by atoms with E-state index in [-0.39, 0.29) is 5.38 Å². The molecule has 0 spiro atoms. The van der Waals surface area contributed by atoms with E-state index >= 15 is 0 Å². The Labute approximate surface area is 101 Å². The second-order valence-corrected chi connectivity index (χ2v) is 5.32. The summed E-state index contributed by atoms with van der Waals surface area (Å²) in [5.74, 6) is 1.65. The van der Waals surface area contributed by atoms with Gasteiger partial charge in [-0.05, 0) is 29.7 Å². The van der Waals surface area contributed by atoms with E-state index in [1.54, 1.807) is 0 Å². The van der Waals surface area contributed by atoms with E-state index in [1.165, 1.54) is 38.5 Å². The maximum Gasteiger partial charge on any atom is 0.168 e. The Kier molecular flexibility index (Phi) is 4.16. The van der Waals surface area contributed by atoms with E-state index in [0.717, 1.165) is 18.3 Å². The summed E-state index contributed by atoms with van der Waals surface area (Å²) in [6.07, 6.45) is 8.10. The van der Waals surface area contributed by atoms with Crippen molar-refractivity contribution in [2.75, 3.05) is 0 Å². The molecule has 1 heterocycles. The summed E-state index contributed by atoms with van der Waals surface area (Å²) in [7, 11) is 0. The number of aryl methyl sites for hydroxylation is 1. The van der Waals surface area contributed by atoms with Crippen LogP contribution in [0.1, 0.15) is 56.7 Å². The lowest BCUT2D eigenvalue weighted by atomic mass is 9.87. The molecule has 0 N–H and O–H groups in total. The third kappa shape index (κ3) is 2.94. The van der Waals surface area contributed by atoms with Gasteiger partial charge < -0.3 is 0 Å². The summed E-state index contributed by atoms with van der Waals surface area (Å²) in [5, 5.41) is 11.5. The van der Waals surface area contributed by atoms with Gasteiger partial charge in [-0.25, -0.2) is 4.68 Å². The Morgan fingerprint density at radius 3 is 2.81 bits per heavy atom.